The summed E-state index contributed by atoms with van der Waals surface area (Å²) in [7, 11) is 0. The lowest BCUT2D eigenvalue weighted by Crippen LogP contribution is -2.26. The fourth-order valence-electron chi connectivity index (χ4n) is 2.66. The molecule has 110 valence electrons. The van der Waals surface area contributed by atoms with E-state index in [0.717, 1.165) is 42.5 Å². The smallest absolute Gasteiger partial charge is 0.201 e. The molecule has 21 heavy (non-hydrogen) atoms. The second kappa shape index (κ2) is 5.83. The first-order chi connectivity index (χ1) is 10.0. The molecule has 6 heteroatoms. The lowest BCUT2D eigenvalue weighted by molar-refractivity contribution is -0.119. The summed E-state index contributed by atoms with van der Waals surface area (Å²) in [5, 5.41) is 0.540. The van der Waals surface area contributed by atoms with Gasteiger partial charge in [-0.1, -0.05) is 23.7 Å². The van der Waals surface area contributed by atoms with Gasteiger partial charge in [0.25, 0.3) is 0 Å². The summed E-state index contributed by atoms with van der Waals surface area (Å²) in [4.78, 5) is 25.8. The van der Waals surface area contributed by atoms with Crippen molar-refractivity contribution in [2.24, 2.45) is 5.73 Å². The minimum atomic E-state index is -0.117. The molecule has 2 saturated heterocycles. The standard InChI is InChI=1S/C15H15ClN2O2S/c16-11-3-1-2-9(6-13-12(19)7-14(20)21-13)15(11)18-5-4-10(17)8-18/h1-3,6,10H,4-5,7-8,17H2/b13-6-/t10-/m0/s1. The summed E-state index contributed by atoms with van der Waals surface area (Å²) >= 11 is 7.35. The molecule has 0 aromatic heterocycles. The van der Waals surface area contributed by atoms with Crippen molar-refractivity contribution in [1.82, 2.24) is 0 Å². The van der Waals surface area contributed by atoms with Crippen LogP contribution < -0.4 is 10.6 Å². The van der Waals surface area contributed by atoms with Crippen LogP contribution in [0, 0.1) is 0 Å². The summed E-state index contributed by atoms with van der Waals surface area (Å²) in [5.74, 6) is -0.117. The Morgan fingerprint density at radius 2 is 2.19 bits per heavy atom. The molecule has 2 aliphatic rings. The van der Waals surface area contributed by atoms with Gasteiger partial charge < -0.3 is 10.6 Å². The normalized spacial score (nSPS) is 24.4. The highest BCUT2D eigenvalue weighted by Gasteiger charge is 2.27. The fraction of sp³-hybridized carbons (Fsp3) is 0.333. The van der Waals surface area contributed by atoms with Crippen LogP contribution in [0.15, 0.2) is 23.1 Å². The zero-order chi connectivity index (χ0) is 15.0. The van der Waals surface area contributed by atoms with E-state index >= 15 is 0 Å². The number of benzene rings is 1. The number of allylic oxidation sites excluding steroid dienone is 1. The van der Waals surface area contributed by atoms with Crippen molar-refractivity contribution in [1.29, 1.82) is 0 Å². The number of hydrogen-bond acceptors (Lipinski definition) is 5. The number of ketones is 1. The first-order valence-electron chi connectivity index (χ1n) is 6.79. The first kappa shape index (κ1) is 14.6. The number of carbonyl (C=O) groups is 2. The van der Waals surface area contributed by atoms with E-state index in [1.807, 2.05) is 18.2 Å². The van der Waals surface area contributed by atoms with Crippen LogP contribution in [0.2, 0.25) is 5.02 Å². The molecule has 2 aliphatic heterocycles. The topological polar surface area (TPSA) is 63.4 Å². The molecule has 0 saturated carbocycles. The van der Waals surface area contributed by atoms with Crippen molar-refractivity contribution in [2.45, 2.75) is 18.9 Å². The maximum absolute atomic E-state index is 11.8. The van der Waals surface area contributed by atoms with E-state index in [1.165, 1.54) is 0 Å². The van der Waals surface area contributed by atoms with Crippen LogP contribution in [0.5, 0.6) is 0 Å². The predicted molar refractivity (Wildman–Crippen MR) is 86.5 cm³/mol. The van der Waals surface area contributed by atoms with Crippen LogP contribution in [-0.4, -0.2) is 30.0 Å². The third kappa shape index (κ3) is 3.00. The zero-order valence-corrected chi connectivity index (χ0v) is 12.9. The van der Waals surface area contributed by atoms with Gasteiger partial charge >= 0.3 is 0 Å². The number of nitrogens with two attached hydrogens (primary N) is 1. The molecule has 0 bridgehead atoms. The van der Waals surface area contributed by atoms with Crippen molar-refractivity contribution in [3.05, 3.63) is 33.7 Å². The average Bonchev–Trinajstić information content (AvgIpc) is 2.96. The number of thioether (sulfide) groups is 1. The average molecular weight is 323 g/mol. The summed E-state index contributed by atoms with van der Waals surface area (Å²) in [6, 6.07) is 5.73. The van der Waals surface area contributed by atoms with Crippen LogP contribution in [0.1, 0.15) is 18.4 Å². The Bertz CT molecular complexity index is 645. The van der Waals surface area contributed by atoms with Gasteiger partial charge in [-0.3, -0.25) is 9.59 Å². The van der Waals surface area contributed by atoms with Crippen LogP contribution in [0.3, 0.4) is 0 Å². The Hall–Kier alpha value is -1.30. The molecule has 2 fully saturated rings. The summed E-state index contributed by atoms with van der Waals surface area (Å²) < 4.78 is 0. The van der Waals surface area contributed by atoms with Gasteiger partial charge in [0.05, 0.1) is 22.0 Å². The minimum absolute atomic E-state index is 0.0129. The van der Waals surface area contributed by atoms with Crippen LogP contribution in [0.25, 0.3) is 6.08 Å². The Kier molecular flexibility index (Phi) is 4.06. The van der Waals surface area contributed by atoms with E-state index in [2.05, 4.69) is 4.90 Å². The molecule has 0 spiro atoms. The van der Waals surface area contributed by atoms with Gasteiger partial charge in [0, 0.05) is 24.7 Å². The van der Waals surface area contributed by atoms with Crippen LogP contribution >= 0.6 is 23.4 Å². The number of halogens is 1. The molecule has 0 amide bonds. The van der Waals surface area contributed by atoms with Gasteiger partial charge in [-0.05, 0) is 30.3 Å². The molecule has 1 atom stereocenters. The molecule has 0 unspecified atom stereocenters. The molecular weight excluding hydrogens is 308 g/mol. The monoisotopic (exact) mass is 322 g/mol. The molecule has 1 aromatic carbocycles. The number of anilines is 1. The van der Waals surface area contributed by atoms with Crippen LogP contribution in [0.4, 0.5) is 5.69 Å². The van der Waals surface area contributed by atoms with E-state index < -0.39 is 0 Å². The summed E-state index contributed by atoms with van der Waals surface area (Å²) in [6.45, 7) is 1.60. The number of para-hydroxylation sites is 1. The largest absolute Gasteiger partial charge is 0.368 e. The van der Waals surface area contributed by atoms with Crippen molar-refractivity contribution in [2.75, 3.05) is 18.0 Å². The lowest BCUT2D eigenvalue weighted by Gasteiger charge is -2.22. The molecule has 4 nitrogen and oxygen atoms in total. The van der Waals surface area contributed by atoms with Crippen molar-refractivity contribution < 1.29 is 9.59 Å². The van der Waals surface area contributed by atoms with Gasteiger partial charge in [-0.25, -0.2) is 0 Å². The number of nitrogens with zero attached hydrogens (tertiary/aromatic N) is 1. The number of Topliss-reactive ketones (excluding diaryl/α,β-unsaturated/α-hetero) is 1. The predicted octanol–water partition coefficient (Wildman–Crippen LogP) is 2.45. The third-order valence-electron chi connectivity index (χ3n) is 3.65. The molecule has 0 radical (unpaired) electrons. The maximum atomic E-state index is 11.8. The minimum Gasteiger partial charge on any atom is -0.368 e. The molecule has 2 heterocycles. The molecule has 1 aromatic rings. The SMILES string of the molecule is N[C@H]1CCN(c2c(Cl)cccc2/C=C2\SC(=O)CC2=O)C1. The van der Waals surface area contributed by atoms with Crippen LogP contribution in [-0.2, 0) is 9.59 Å². The fourth-order valence-corrected chi connectivity index (χ4v) is 3.78. The second-order valence-corrected chi connectivity index (χ2v) is 6.76. The summed E-state index contributed by atoms with van der Waals surface area (Å²) in [5.41, 5.74) is 7.72. The Morgan fingerprint density at radius 3 is 2.81 bits per heavy atom. The van der Waals surface area contributed by atoms with Gasteiger partial charge in [-0.15, -0.1) is 0 Å². The molecule has 2 N–H and O–H groups in total. The van der Waals surface area contributed by atoms with E-state index in [9.17, 15) is 9.59 Å². The van der Waals surface area contributed by atoms with Gasteiger partial charge in [0.15, 0.2) is 5.78 Å². The molecular formula is C15H15ClN2O2S. The molecule has 3 rings (SSSR count). The van der Waals surface area contributed by atoms with E-state index in [-0.39, 0.29) is 23.4 Å². The number of carbonyl (C=O) groups excluding carboxylic acids is 2. The Balaban J connectivity index is 1.99. The van der Waals surface area contributed by atoms with E-state index in [4.69, 9.17) is 17.3 Å². The van der Waals surface area contributed by atoms with E-state index in [0.29, 0.717) is 9.93 Å². The van der Waals surface area contributed by atoms with Gasteiger partial charge in [-0.2, -0.15) is 0 Å². The Morgan fingerprint density at radius 1 is 1.38 bits per heavy atom. The van der Waals surface area contributed by atoms with Crippen molar-refractivity contribution in [3.8, 4) is 0 Å². The van der Waals surface area contributed by atoms with Gasteiger partial charge in [0.2, 0.25) is 5.12 Å². The lowest BCUT2D eigenvalue weighted by atomic mass is 10.1. The first-order valence-corrected chi connectivity index (χ1v) is 7.98. The van der Waals surface area contributed by atoms with Crippen molar-refractivity contribution in [3.63, 3.8) is 0 Å². The second-order valence-electron chi connectivity index (χ2n) is 5.26. The summed E-state index contributed by atoms with van der Waals surface area (Å²) in [6.07, 6.45) is 2.68. The Labute approximate surface area is 132 Å². The number of rotatable bonds is 2. The highest BCUT2D eigenvalue weighted by molar-refractivity contribution is 8.18. The van der Waals surface area contributed by atoms with Crippen molar-refractivity contribution >= 4 is 46.0 Å². The quantitative estimate of drug-likeness (QED) is 0.669. The highest BCUT2D eigenvalue weighted by atomic mass is 35.5. The molecule has 0 aliphatic carbocycles. The number of hydrogen-bond donors (Lipinski definition) is 1. The maximum Gasteiger partial charge on any atom is 0.201 e. The van der Waals surface area contributed by atoms with E-state index in [1.54, 1.807) is 6.08 Å². The highest BCUT2D eigenvalue weighted by Crippen LogP contribution is 2.37. The van der Waals surface area contributed by atoms with Gasteiger partial charge in [0.1, 0.15) is 0 Å². The third-order valence-corrected chi connectivity index (χ3v) is 4.89. The zero-order valence-electron chi connectivity index (χ0n) is 11.3.